The van der Waals surface area contributed by atoms with Gasteiger partial charge in [-0.2, -0.15) is 0 Å². The molecular formula is C17H17N5O6. The van der Waals surface area contributed by atoms with Crippen molar-refractivity contribution in [1.29, 1.82) is 0 Å². The fourth-order valence-corrected chi connectivity index (χ4v) is 2.38. The van der Waals surface area contributed by atoms with Crippen molar-refractivity contribution in [3.63, 3.8) is 0 Å². The summed E-state index contributed by atoms with van der Waals surface area (Å²) < 4.78 is 0. The van der Waals surface area contributed by atoms with Crippen molar-refractivity contribution in [1.82, 2.24) is 9.97 Å². The first kappa shape index (κ1) is 19.3. The molecule has 0 bridgehead atoms. The van der Waals surface area contributed by atoms with Gasteiger partial charge in [0.2, 0.25) is 0 Å². The minimum atomic E-state index is -3.87. The van der Waals surface area contributed by atoms with E-state index >= 15 is 0 Å². The second-order valence-electron chi connectivity index (χ2n) is 5.97. The third kappa shape index (κ3) is 3.50. The molecule has 11 heteroatoms. The summed E-state index contributed by atoms with van der Waals surface area (Å²) in [5.74, 6) is -10.8. The van der Waals surface area contributed by atoms with Gasteiger partial charge in [0, 0.05) is 11.4 Å². The van der Waals surface area contributed by atoms with Crippen LogP contribution in [0.15, 0.2) is 48.5 Å². The number of carbonyl (C=O) groups is 2. The van der Waals surface area contributed by atoms with Crippen LogP contribution < -0.4 is 16.4 Å². The van der Waals surface area contributed by atoms with E-state index in [1.807, 2.05) is 0 Å². The summed E-state index contributed by atoms with van der Waals surface area (Å²) in [5.41, 5.74) is 6.67. The van der Waals surface area contributed by atoms with Crippen LogP contribution in [0.5, 0.6) is 0 Å². The van der Waals surface area contributed by atoms with Crippen molar-refractivity contribution < 1.29 is 30.0 Å². The number of benzene rings is 2. The van der Waals surface area contributed by atoms with Crippen LogP contribution >= 0.6 is 0 Å². The van der Waals surface area contributed by atoms with Gasteiger partial charge in [0.25, 0.3) is 11.8 Å². The fraction of sp³-hybridized carbons (Fsp3) is 0.118. The van der Waals surface area contributed by atoms with E-state index < -0.39 is 23.4 Å². The van der Waals surface area contributed by atoms with Crippen LogP contribution in [0.2, 0.25) is 0 Å². The first-order chi connectivity index (χ1) is 13.1. The molecule has 146 valence electrons. The number of nitrogens with two attached hydrogens (primary N) is 1. The van der Waals surface area contributed by atoms with E-state index in [0.29, 0.717) is 11.0 Å². The van der Waals surface area contributed by atoms with Gasteiger partial charge in [0.1, 0.15) is 0 Å². The van der Waals surface area contributed by atoms with Crippen LogP contribution in [0.3, 0.4) is 0 Å². The van der Waals surface area contributed by atoms with Gasteiger partial charge in [-0.25, -0.2) is 4.98 Å². The lowest BCUT2D eigenvalue weighted by Crippen LogP contribution is -2.66. The van der Waals surface area contributed by atoms with Gasteiger partial charge in [0.05, 0.1) is 11.0 Å². The Labute approximate surface area is 157 Å². The van der Waals surface area contributed by atoms with Crippen molar-refractivity contribution in [2.24, 2.45) is 0 Å². The van der Waals surface area contributed by atoms with Gasteiger partial charge in [-0.3, -0.25) is 9.59 Å². The first-order valence-corrected chi connectivity index (χ1v) is 7.94. The van der Waals surface area contributed by atoms with E-state index in [0.717, 1.165) is 0 Å². The number of anilines is 3. The summed E-state index contributed by atoms with van der Waals surface area (Å²) in [6, 6.07) is 11.9. The predicted molar refractivity (Wildman–Crippen MR) is 98.5 cm³/mol. The summed E-state index contributed by atoms with van der Waals surface area (Å²) in [5, 5.41) is 44.0. The number of aromatic amines is 1. The molecule has 9 N–H and O–H groups in total. The second-order valence-corrected chi connectivity index (χ2v) is 5.97. The molecule has 0 atom stereocenters. The number of H-pyrrole nitrogens is 1. The maximum absolute atomic E-state index is 12.2. The summed E-state index contributed by atoms with van der Waals surface area (Å²) >= 11 is 0. The monoisotopic (exact) mass is 387 g/mol. The Morgan fingerprint density at radius 1 is 0.893 bits per heavy atom. The summed E-state index contributed by atoms with van der Waals surface area (Å²) in [6.45, 7) is 0. The largest absolute Gasteiger partial charge is 0.369 e. The number of carbonyl (C=O) groups excluding carboxylic acids is 2. The topological polar surface area (TPSA) is 194 Å². The molecule has 1 heterocycles. The van der Waals surface area contributed by atoms with Crippen molar-refractivity contribution in [3.8, 4) is 0 Å². The molecule has 0 aliphatic heterocycles. The Balaban J connectivity index is 1.78. The summed E-state index contributed by atoms with van der Waals surface area (Å²) in [4.78, 5) is 31.0. The van der Waals surface area contributed by atoms with Gasteiger partial charge >= 0.3 is 11.6 Å². The van der Waals surface area contributed by atoms with Gasteiger partial charge in [-0.05, 0) is 30.3 Å². The van der Waals surface area contributed by atoms with Gasteiger partial charge < -0.3 is 41.8 Å². The molecule has 3 aromatic rings. The van der Waals surface area contributed by atoms with E-state index in [-0.39, 0.29) is 17.3 Å². The Bertz CT molecular complexity index is 1030. The number of amides is 2. The maximum Gasteiger partial charge on any atom is 0.310 e. The summed E-state index contributed by atoms with van der Waals surface area (Å²) in [7, 11) is 0. The Morgan fingerprint density at radius 3 is 2.07 bits per heavy atom. The van der Waals surface area contributed by atoms with Crippen molar-refractivity contribution in [2.45, 2.75) is 11.6 Å². The SMILES string of the molecule is Nc1nc2ccc(NC(=O)C(O)(O)C(O)(O)C(=O)Nc3ccccc3)cc2[nH]1. The van der Waals surface area contributed by atoms with Crippen LogP contribution in [0, 0.1) is 0 Å². The fourth-order valence-electron chi connectivity index (χ4n) is 2.38. The number of hydrogen-bond acceptors (Lipinski definition) is 8. The first-order valence-electron chi connectivity index (χ1n) is 7.94. The highest BCUT2D eigenvalue weighted by Crippen LogP contribution is 2.24. The van der Waals surface area contributed by atoms with E-state index in [9.17, 15) is 30.0 Å². The average molecular weight is 387 g/mol. The van der Waals surface area contributed by atoms with Crippen LogP contribution in [-0.2, 0) is 9.59 Å². The van der Waals surface area contributed by atoms with E-state index in [4.69, 9.17) is 5.73 Å². The zero-order chi connectivity index (χ0) is 20.5. The third-order valence-electron chi connectivity index (χ3n) is 3.91. The van der Waals surface area contributed by atoms with E-state index in [1.165, 1.54) is 30.3 Å². The number of imidazole rings is 1. The molecule has 0 fully saturated rings. The maximum atomic E-state index is 12.2. The van der Waals surface area contributed by atoms with Crippen LogP contribution in [0.4, 0.5) is 17.3 Å². The van der Waals surface area contributed by atoms with Crippen LogP contribution in [0.25, 0.3) is 11.0 Å². The Kier molecular flexibility index (Phi) is 4.75. The molecule has 0 spiro atoms. The highest BCUT2D eigenvalue weighted by atomic mass is 16.6. The molecular weight excluding hydrogens is 370 g/mol. The molecule has 28 heavy (non-hydrogen) atoms. The van der Waals surface area contributed by atoms with Crippen molar-refractivity contribution >= 4 is 40.2 Å². The number of nitrogens with zero attached hydrogens (tertiary/aromatic N) is 1. The van der Waals surface area contributed by atoms with Gasteiger partial charge in [0.15, 0.2) is 5.95 Å². The number of fused-ring (bicyclic) bond motifs is 1. The molecule has 2 amide bonds. The Morgan fingerprint density at radius 2 is 1.46 bits per heavy atom. The number of para-hydroxylation sites is 1. The molecule has 0 saturated heterocycles. The van der Waals surface area contributed by atoms with Crippen molar-refractivity contribution in [2.75, 3.05) is 16.4 Å². The lowest BCUT2D eigenvalue weighted by atomic mass is 10.0. The smallest absolute Gasteiger partial charge is 0.310 e. The van der Waals surface area contributed by atoms with E-state index in [2.05, 4.69) is 20.6 Å². The highest BCUT2D eigenvalue weighted by Gasteiger charge is 2.59. The molecule has 3 rings (SSSR count). The molecule has 0 saturated carbocycles. The number of rotatable bonds is 5. The second kappa shape index (κ2) is 6.90. The zero-order valence-electron chi connectivity index (χ0n) is 14.2. The molecule has 2 aromatic carbocycles. The normalized spacial score (nSPS) is 12.0. The molecule has 0 radical (unpaired) electrons. The molecule has 0 aliphatic rings. The molecule has 0 unspecified atom stereocenters. The average Bonchev–Trinajstić information content (AvgIpc) is 3.01. The zero-order valence-corrected chi connectivity index (χ0v) is 14.2. The lowest BCUT2D eigenvalue weighted by Gasteiger charge is -2.32. The lowest BCUT2D eigenvalue weighted by molar-refractivity contribution is -0.315. The third-order valence-corrected chi connectivity index (χ3v) is 3.91. The van der Waals surface area contributed by atoms with E-state index in [1.54, 1.807) is 18.2 Å². The van der Waals surface area contributed by atoms with Gasteiger partial charge in [-0.15, -0.1) is 0 Å². The number of hydrogen-bond donors (Lipinski definition) is 8. The number of nitrogen functional groups attached to an aromatic ring is 1. The molecule has 1 aromatic heterocycles. The number of nitrogens with one attached hydrogen (secondary N) is 3. The quantitative estimate of drug-likeness (QED) is 0.257. The standard InChI is InChI=1S/C17H17N5O6/c18-15-21-11-7-6-10(8-12(11)22-15)20-14(24)17(27,28)16(25,26)13(23)19-9-4-2-1-3-5-9/h1-8,25-28H,(H,19,23)(H,20,24)(H3,18,21,22). The number of aliphatic hydroxyl groups is 4. The van der Waals surface area contributed by atoms with Gasteiger partial charge in [-0.1, -0.05) is 18.2 Å². The van der Waals surface area contributed by atoms with Crippen molar-refractivity contribution in [3.05, 3.63) is 48.5 Å². The highest BCUT2D eigenvalue weighted by molar-refractivity contribution is 6.05. The predicted octanol–water partition coefficient (Wildman–Crippen LogP) is -0.916. The number of aromatic nitrogens is 2. The van der Waals surface area contributed by atoms with Crippen LogP contribution in [-0.4, -0.2) is 53.8 Å². The molecule has 0 aliphatic carbocycles. The minimum absolute atomic E-state index is 0.0629. The van der Waals surface area contributed by atoms with Crippen LogP contribution in [0.1, 0.15) is 0 Å². The Hall–Kier alpha value is -3.51. The molecule has 11 nitrogen and oxygen atoms in total. The minimum Gasteiger partial charge on any atom is -0.369 e. The summed E-state index contributed by atoms with van der Waals surface area (Å²) in [6.07, 6.45) is 0.